The lowest BCUT2D eigenvalue weighted by atomic mass is 10.2. The fraction of sp³-hybridized carbons (Fsp3) is 0.294. The minimum Gasteiger partial charge on any atom is -0.379 e. The molecule has 1 fully saturated rings. The molecule has 1 aliphatic rings. The predicted octanol–water partition coefficient (Wildman–Crippen LogP) is 2.40. The van der Waals surface area contributed by atoms with Crippen LogP contribution in [0.15, 0.2) is 29.8 Å². The third-order valence-electron chi connectivity index (χ3n) is 4.17. The number of hydrogen-bond donors (Lipinski definition) is 3. The van der Waals surface area contributed by atoms with Crippen molar-refractivity contribution in [2.24, 2.45) is 0 Å². The molecule has 3 N–H and O–H groups in total. The summed E-state index contributed by atoms with van der Waals surface area (Å²) in [6.45, 7) is 4.38. The molecule has 0 unspecified atom stereocenters. The maximum absolute atomic E-state index is 12.0. The topological polar surface area (TPSA) is 108 Å². The van der Waals surface area contributed by atoms with Crippen LogP contribution in [0.25, 0.3) is 17.0 Å². The molecular weight excluding hydrogens is 366 g/mol. The molecule has 1 aromatic carbocycles. The number of anilines is 2. The Morgan fingerprint density at radius 3 is 3.04 bits per heavy atom. The van der Waals surface area contributed by atoms with Crippen molar-refractivity contribution in [3.05, 3.63) is 35.5 Å². The molecule has 10 heteroatoms. The van der Waals surface area contributed by atoms with E-state index in [0.29, 0.717) is 10.8 Å². The van der Waals surface area contributed by atoms with Gasteiger partial charge >= 0.3 is 6.03 Å². The van der Waals surface area contributed by atoms with Crippen LogP contribution in [0.3, 0.4) is 0 Å². The van der Waals surface area contributed by atoms with Gasteiger partial charge in [0, 0.05) is 30.7 Å². The molecule has 0 radical (unpaired) electrons. The quantitative estimate of drug-likeness (QED) is 0.622. The minimum atomic E-state index is -0.365. The molecule has 2 amide bonds. The Balaban J connectivity index is 1.39. The Labute approximate surface area is 159 Å². The zero-order valence-electron chi connectivity index (χ0n) is 14.5. The van der Waals surface area contributed by atoms with E-state index < -0.39 is 0 Å². The van der Waals surface area contributed by atoms with Crippen molar-refractivity contribution in [3.8, 4) is 0 Å². The summed E-state index contributed by atoms with van der Waals surface area (Å²) in [7, 11) is 0. The summed E-state index contributed by atoms with van der Waals surface area (Å²) in [4.78, 5) is 14.3. The molecule has 0 bridgehead atoms. The number of carbonyl (C=O) groups is 1. The standard InChI is InChI=1S/C17H19N7O2S/c25-16(20-17-23-18-11-27-17)19-12-3-4-13-14(21-22-15(13)10-12)2-1-5-24-6-8-26-9-7-24/h1-4,10-11H,5-9H2,(H,21,22)(H2,19,20,23,25)/b2-1+. The predicted molar refractivity (Wildman–Crippen MR) is 105 cm³/mol. The fourth-order valence-corrected chi connectivity index (χ4v) is 3.27. The van der Waals surface area contributed by atoms with Gasteiger partial charge in [-0.2, -0.15) is 5.10 Å². The molecule has 0 aliphatic carbocycles. The van der Waals surface area contributed by atoms with Crippen molar-refractivity contribution in [3.63, 3.8) is 0 Å². The zero-order valence-corrected chi connectivity index (χ0v) is 15.3. The number of aromatic nitrogens is 4. The highest BCUT2D eigenvalue weighted by atomic mass is 32.1. The van der Waals surface area contributed by atoms with Gasteiger partial charge in [0.15, 0.2) is 0 Å². The van der Waals surface area contributed by atoms with Crippen molar-refractivity contribution < 1.29 is 9.53 Å². The van der Waals surface area contributed by atoms with Crippen LogP contribution in [0.5, 0.6) is 0 Å². The van der Waals surface area contributed by atoms with Crippen LogP contribution in [0, 0.1) is 0 Å². The molecule has 9 nitrogen and oxygen atoms in total. The summed E-state index contributed by atoms with van der Waals surface area (Å²) < 4.78 is 5.35. The van der Waals surface area contributed by atoms with Crippen LogP contribution in [0.2, 0.25) is 0 Å². The van der Waals surface area contributed by atoms with E-state index in [-0.39, 0.29) is 6.03 Å². The molecule has 3 heterocycles. The second-order valence-electron chi connectivity index (χ2n) is 6.01. The van der Waals surface area contributed by atoms with Gasteiger partial charge in [-0.05, 0) is 24.3 Å². The first-order valence-corrected chi connectivity index (χ1v) is 9.45. The van der Waals surface area contributed by atoms with Gasteiger partial charge in [0.2, 0.25) is 5.13 Å². The minimum absolute atomic E-state index is 0.365. The van der Waals surface area contributed by atoms with Crippen LogP contribution < -0.4 is 10.6 Å². The van der Waals surface area contributed by atoms with E-state index in [1.165, 1.54) is 11.3 Å². The van der Waals surface area contributed by atoms with Crippen LogP contribution >= 0.6 is 11.3 Å². The van der Waals surface area contributed by atoms with Gasteiger partial charge in [0.05, 0.1) is 24.4 Å². The van der Waals surface area contributed by atoms with Gasteiger partial charge in [0.1, 0.15) is 5.51 Å². The number of benzene rings is 1. The zero-order chi connectivity index (χ0) is 18.5. The number of H-pyrrole nitrogens is 1. The Bertz CT molecular complexity index is 932. The number of rotatable bonds is 5. The van der Waals surface area contributed by atoms with E-state index >= 15 is 0 Å². The van der Waals surface area contributed by atoms with Gasteiger partial charge in [-0.3, -0.25) is 15.3 Å². The highest BCUT2D eigenvalue weighted by Crippen LogP contribution is 2.21. The summed E-state index contributed by atoms with van der Waals surface area (Å²) in [6, 6.07) is 5.27. The van der Waals surface area contributed by atoms with Crippen molar-refractivity contribution >= 4 is 45.2 Å². The summed E-state index contributed by atoms with van der Waals surface area (Å²) >= 11 is 1.26. The van der Waals surface area contributed by atoms with Crippen LogP contribution in [0.4, 0.5) is 15.6 Å². The average molecular weight is 385 g/mol. The lowest BCUT2D eigenvalue weighted by molar-refractivity contribution is 0.0435. The molecule has 0 spiro atoms. The number of ether oxygens (including phenoxy) is 1. The van der Waals surface area contributed by atoms with Crippen molar-refractivity contribution in [1.29, 1.82) is 0 Å². The molecule has 0 saturated carbocycles. The van der Waals surface area contributed by atoms with E-state index in [1.807, 2.05) is 24.3 Å². The SMILES string of the molecule is O=C(Nc1ccc2c(/C=C/CN3CCOCC3)n[nH]c2c1)Nc1nncs1. The summed E-state index contributed by atoms with van der Waals surface area (Å²) in [5, 5.41) is 21.7. The Kier molecular flexibility index (Phi) is 5.37. The molecule has 27 heavy (non-hydrogen) atoms. The highest BCUT2D eigenvalue weighted by molar-refractivity contribution is 7.13. The molecule has 140 valence electrons. The number of morpholine rings is 1. The van der Waals surface area contributed by atoms with Gasteiger partial charge in [-0.15, -0.1) is 10.2 Å². The second kappa shape index (κ2) is 8.25. The lowest BCUT2D eigenvalue weighted by Gasteiger charge is -2.25. The largest absolute Gasteiger partial charge is 0.379 e. The number of fused-ring (bicyclic) bond motifs is 1. The highest BCUT2D eigenvalue weighted by Gasteiger charge is 2.09. The third-order valence-corrected chi connectivity index (χ3v) is 4.78. The van der Waals surface area contributed by atoms with E-state index in [9.17, 15) is 4.79 Å². The summed E-state index contributed by atoms with van der Waals surface area (Å²) in [5.41, 5.74) is 3.95. The average Bonchev–Trinajstić information content (AvgIpc) is 3.32. The van der Waals surface area contributed by atoms with E-state index in [4.69, 9.17) is 4.74 Å². The van der Waals surface area contributed by atoms with Gasteiger partial charge in [-0.25, -0.2) is 4.79 Å². The van der Waals surface area contributed by atoms with Gasteiger partial charge in [-0.1, -0.05) is 17.4 Å². The number of nitrogens with zero attached hydrogens (tertiary/aromatic N) is 4. The van der Waals surface area contributed by atoms with Crippen LogP contribution in [0.1, 0.15) is 5.69 Å². The lowest BCUT2D eigenvalue weighted by Crippen LogP contribution is -2.36. The van der Waals surface area contributed by atoms with E-state index in [1.54, 1.807) is 5.51 Å². The summed E-state index contributed by atoms with van der Waals surface area (Å²) in [6.07, 6.45) is 4.13. The molecule has 2 aromatic heterocycles. The van der Waals surface area contributed by atoms with Gasteiger partial charge < -0.3 is 10.1 Å². The maximum atomic E-state index is 12.0. The molecule has 3 aromatic rings. The number of carbonyl (C=O) groups excluding carboxylic acids is 1. The molecule has 0 atom stereocenters. The van der Waals surface area contributed by atoms with E-state index in [2.05, 4.69) is 42.0 Å². The number of nitrogens with one attached hydrogen (secondary N) is 3. The second-order valence-corrected chi connectivity index (χ2v) is 6.84. The van der Waals surface area contributed by atoms with Crippen LogP contribution in [-0.2, 0) is 4.74 Å². The Morgan fingerprint density at radius 2 is 2.22 bits per heavy atom. The van der Waals surface area contributed by atoms with Crippen LogP contribution in [-0.4, -0.2) is 64.2 Å². The smallest absolute Gasteiger partial charge is 0.325 e. The first kappa shape index (κ1) is 17.6. The maximum Gasteiger partial charge on any atom is 0.325 e. The van der Waals surface area contributed by atoms with Crippen molar-refractivity contribution in [2.75, 3.05) is 43.5 Å². The third kappa shape index (κ3) is 4.48. The number of aromatic amines is 1. The Hall–Kier alpha value is -2.82. The Morgan fingerprint density at radius 1 is 1.33 bits per heavy atom. The van der Waals surface area contributed by atoms with Gasteiger partial charge in [0.25, 0.3) is 0 Å². The fourth-order valence-electron chi connectivity index (χ4n) is 2.83. The van der Waals surface area contributed by atoms with Crippen molar-refractivity contribution in [1.82, 2.24) is 25.3 Å². The molecule has 1 saturated heterocycles. The monoisotopic (exact) mass is 385 g/mol. The number of urea groups is 1. The molecular formula is C17H19N7O2S. The molecule has 1 aliphatic heterocycles. The normalized spacial score (nSPS) is 15.4. The van der Waals surface area contributed by atoms with Crippen molar-refractivity contribution in [2.45, 2.75) is 0 Å². The first-order chi connectivity index (χ1) is 13.3. The number of hydrogen-bond acceptors (Lipinski definition) is 7. The first-order valence-electron chi connectivity index (χ1n) is 8.57. The summed E-state index contributed by atoms with van der Waals surface area (Å²) in [5.74, 6) is 0. The molecule has 4 rings (SSSR count). The number of amides is 2. The van der Waals surface area contributed by atoms with E-state index in [0.717, 1.165) is 49.4 Å².